The molecule has 0 aromatic carbocycles. The molecule has 8 nitrogen and oxygen atoms in total. The Morgan fingerprint density at radius 2 is 2.00 bits per heavy atom. The molecule has 0 radical (unpaired) electrons. The molecule has 2 aromatic heterocycles. The van der Waals surface area contributed by atoms with Gasteiger partial charge in [-0.15, -0.1) is 0 Å². The maximum Gasteiger partial charge on any atom is 0.282 e. The number of aromatic nitrogens is 3. The Kier molecular flexibility index (Phi) is 4.84. The minimum Gasteiger partial charge on any atom is -0.305 e. The lowest BCUT2D eigenvalue weighted by Gasteiger charge is -2.29. The van der Waals surface area contributed by atoms with Crippen molar-refractivity contribution in [1.82, 2.24) is 28.1 Å². The summed E-state index contributed by atoms with van der Waals surface area (Å²) in [5, 5.41) is 4.59. The maximum absolute atomic E-state index is 12.8. The summed E-state index contributed by atoms with van der Waals surface area (Å²) in [4.78, 5) is 6.56. The molecular formula is C16H26N6O2S. The van der Waals surface area contributed by atoms with Crippen LogP contribution in [0, 0.1) is 6.92 Å². The maximum atomic E-state index is 12.8. The summed E-state index contributed by atoms with van der Waals surface area (Å²) in [5.74, 6) is 0. The van der Waals surface area contributed by atoms with E-state index in [-0.39, 0.29) is 6.04 Å². The van der Waals surface area contributed by atoms with Crippen LogP contribution < -0.4 is 0 Å². The lowest BCUT2D eigenvalue weighted by molar-refractivity contribution is 0.345. The van der Waals surface area contributed by atoms with Crippen molar-refractivity contribution in [3.63, 3.8) is 0 Å². The van der Waals surface area contributed by atoms with Gasteiger partial charge >= 0.3 is 0 Å². The van der Waals surface area contributed by atoms with E-state index in [0.717, 1.165) is 35.4 Å². The lowest BCUT2D eigenvalue weighted by Crippen LogP contribution is -2.40. The predicted molar refractivity (Wildman–Crippen MR) is 96.4 cm³/mol. The standard InChI is InChI=1S/C16H26N6O2S/c1-12-9-15-17-10-13(11-19(2)3)16(22(15)18-12)14-7-6-8-21(14)25(23,24)20(4)5/h9-10,14H,6-8,11H2,1-5H3/t14-/m1/s1. The van der Waals surface area contributed by atoms with Crippen molar-refractivity contribution in [2.45, 2.75) is 32.4 Å². The molecule has 0 unspecified atom stereocenters. The number of nitrogens with zero attached hydrogens (tertiary/aromatic N) is 6. The second-order valence-electron chi connectivity index (χ2n) is 7.02. The van der Waals surface area contributed by atoms with Gasteiger partial charge in [-0.05, 0) is 33.9 Å². The van der Waals surface area contributed by atoms with E-state index >= 15 is 0 Å². The van der Waals surface area contributed by atoms with Gasteiger partial charge in [0.25, 0.3) is 10.2 Å². The van der Waals surface area contributed by atoms with Crippen molar-refractivity contribution in [3.05, 3.63) is 29.2 Å². The second kappa shape index (κ2) is 6.64. The van der Waals surface area contributed by atoms with Crippen molar-refractivity contribution in [3.8, 4) is 0 Å². The fourth-order valence-electron chi connectivity index (χ4n) is 3.42. The zero-order valence-corrected chi connectivity index (χ0v) is 16.3. The largest absolute Gasteiger partial charge is 0.305 e. The quantitative estimate of drug-likeness (QED) is 0.791. The molecule has 0 spiro atoms. The molecule has 3 rings (SSSR count). The number of hydrogen-bond acceptors (Lipinski definition) is 5. The Bertz CT molecular complexity index is 874. The summed E-state index contributed by atoms with van der Waals surface area (Å²) in [5.41, 5.74) is 3.56. The molecule has 0 bridgehead atoms. The zero-order valence-electron chi connectivity index (χ0n) is 15.5. The van der Waals surface area contributed by atoms with Gasteiger partial charge in [0, 0.05) is 45.0 Å². The van der Waals surface area contributed by atoms with Gasteiger partial charge in [0.05, 0.1) is 17.4 Å². The summed E-state index contributed by atoms with van der Waals surface area (Å²) < 4.78 is 30.3. The Balaban J connectivity index is 2.18. The van der Waals surface area contributed by atoms with Crippen LogP contribution in [0.3, 0.4) is 0 Å². The average Bonchev–Trinajstić information content (AvgIpc) is 3.12. The third-order valence-electron chi connectivity index (χ3n) is 4.49. The third kappa shape index (κ3) is 3.29. The molecule has 1 atom stereocenters. The molecule has 0 N–H and O–H groups in total. The van der Waals surface area contributed by atoms with Crippen molar-refractivity contribution in [2.75, 3.05) is 34.7 Å². The predicted octanol–water partition coefficient (Wildman–Crippen LogP) is 1.04. The van der Waals surface area contributed by atoms with Crippen LogP contribution in [-0.2, 0) is 16.8 Å². The summed E-state index contributed by atoms with van der Waals surface area (Å²) in [6.07, 6.45) is 3.47. The molecule has 138 valence electrons. The minimum absolute atomic E-state index is 0.229. The van der Waals surface area contributed by atoms with Gasteiger partial charge in [-0.1, -0.05) is 0 Å². The van der Waals surface area contributed by atoms with Gasteiger partial charge in [0.1, 0.15) is 0 Å². The molecule has 1 aliphatic rings. The smallest absolute Gasteiger partial charge is 0.282 e. The Morgan fingerprint density at radius 3 is 2.64 bits per heavy atom. The summed E-state index contributed by atoms with van der Waals surface area (Å²) in [7, 11) is 3.64. The van der Waals surface area contributed by atoms with E-state index in [1.807, 2.05) is 37.8 Å². The molecule has 2 aromatic rings. The number of aryl methyl sites for hydroxylation is 1. The van der Waals surface area contributed by atoms with Crippen molar-refractivity contribution in [1.29, 1.82) is 0 Å². The molecule has 0 amide bonds. The topological polar surface area (TPSA) is 74.1 Å². The Morgan fingerprint density at radius 1 is 1.28 bits per heavy atom. The fraction of sp³-hybridized carbons (Fsp3) is 0.625. The molecular weight excluding hydrogens is 340 g/mol. The van der Waals surface area contributed by atoms with Crippen molar-refractivity contribution in [2.24, 2.45) is 0 Å². The fourth-order valence-corrected chi connectivity index (χ4v) is 4.72. The van der Waals surface area contributed by atoms with Gasteiger partial charge in [-0.3, -0.25) is 0 Å². The van der Waals surface area contributed by atoms with E-state index < -0.39 is 10.2 Å². The molecule has 3 heterocycles. The summed E-state index contributed by atoms with van der Waals surface area (Å²) in [6.45, 7) is 3.13. The Labute approximate surface area is 149 Å². The summed E-state index contributed by atoms with van der Waals surface area (Å²) in [6, 6.07) is 1.69. The van der Waals surface area contributed by atoms with Crippen LogP contribution in [0.1, 0.15) is 35.8 Å². The highest BCUT2D eigenvalue weighted by Gasteiger charge is 2.39. The van der Waals surface area contributed by atoms with Crippen LogP contribution >= 0.6 is 0 Å². The van der Waals surface area contributed by atoms with E-state index in [2.05, 4.69) is 15.0 Å². The highest BCUT2D eigenvalue weighted by atomic mass is 32.2. The number of rotatable bonds is 5. The normalized spacial score (nSPS) is 19.6. The van der Waals surface area contributed by atoms with E-state index in [1.165, 1.54) is 4.31 Å². The van der Waals surface area contributed by atoms with Crippen LogP contribution in [0.4, 0.5) is 0 Å². The third-order valence-corrected chi connectivity index (χ3v) is 6.44. The summed E-state index contributed by atoms with van der Waals surface area (Å²) >= 11 is 0. The molecule has 9 heteroatoms. The Hall–Kier alpha value is -1.55. The minimum atomic E-state index is -3.49. The van der Waals surface area contributed by atoms with Crippen LogP contribution in [-0.4, -0.2) is 71.3 Å². The molecule has 1 aliphatic heterocycles. The van der Waals surface area contributed by atoms with Gasteiger partial charge in [0.2, 0.25) is 0 Å². The highest BCUT2D eigenvalue weighted by Crippen LogP contribution is 2.36. The van der Waals surface area contributed by atoms with E-state index in [1.54, 1.807) is 18.4 Å². The molecule has 1 fully saturated rings. The first-order valence-electron chi connectivity index (χ1n) is 8.40. The van der Waals surface area contributed by atoms with Crippen LogP contribution in [0.25, 0.3) is 5.65 Å². The van der Waals surface area contributed by atoms with Crippen LogP contribution in [0.15, 0.2) is 12.3 Å². The van der Waals surface area contributed by atoms with E-state index in [0.29, 0.717) is 13.1 Å². The SMILES string of the molecule is Cc1cc2ncc(CN(C)C)c([C@H]3CCCN3S(=O)(=O)N(C)C)n2n1. The van der Waals surface area contributed by atoms with Gasteiger partial charge in [-0.25, -0.2) is 9.50 Å². The first-order valence-corrected chi connectivity index (χ1v) is 9.79. The van der Waals surface area contributed by atoms with Crippen molar-refractivity contribution < 1.29 is 8.42 Å². The lowest BCUT2D eigenvalue weighted by atomic mass is 10.1. The van der Waals surface area contributed by atoms with Crippen LogP contribution in [0.2, 0.25) is 0 Å². The van der Waals surface area contributed by atoms with Gasteiger partial charge in [-0.2, -0.15) is 22.1 Å². The van der Waals surface area contributed by atoms with E-state index in [9.17, 15) is 8.42 Å². The highest BCUT2D eigenvalue weighted by molar-refractivity contribution is 7.86. The average molecular weight is 366 g/mol. The van der Waals surface area contributed by atoms with Gasteiger partial charge < -0.3 is 4.90 Å². The zero-order chi connectivity index (χ0) is 18.4. The first-order chi connectivity index (χ1) is 11.7. The second-order valence-corrected chi connectivity index (χ2v) is 9.12. The molecule has 25 heavy (non-hydrogen) atoms. The molecule has 0 aliphatic carbocycles. The van der Waals surface area contributed by atoms with Crippen LogP contribution in [0.5, 0.6) is 0 Å². The number of fused-ring (bicyclic) bond motifs is 1. The molecule has 0 saturated carbocycles. The van der Waals surface area contributed by atoms with Crippen molar-refractivity contribution >= 4 is 15.9 Å². The molecule has 1 saturated heterocycles. The van der Waals surface area contributed by atoms with E-state index in [4.69, 9.17) is 0 Å². The number of hydrogen-bond donors (Lipinski definition) is 0. The monoisotopic (exact) mass is 366 g/mol. The first kappa shape index (κ1) is 18.2. The van der Waals surface area contributed by atoms with Gasteiger partial charge in [0.15, 0.2) is 5.65 Å².